The molecule has 2 aliphatic heterocycles. The van der Waals surface area contributed by atoms with Gasteiger partial charge in [0.2, 0.25) is 5.91 Å². The monoisotopic (exact) mass is 419 g/mol. The number of nitrogen functional groups attached to an aromatic ring is 1. The molecule has 3 heterocycles. The first-order valence-corrected chi connectivity index (χ1v) is 9.37. The number of fused-ring (bicyclic) bond motifs is 3. The molecule has 1 saturated carbocycles. The minimum Gasteiger partial charge on any atom is -0.548 e. The van der Waals surface area contributed by atoms with Gasteiger partial charge in [0.05, 0.1) is 11.5 Å². The molecule has 3 N–H and O–H groups in total. The van der Waals surface area contributed by atoms with Crippen LogP contribution in [0.15, 0.2) is 10.5 Å². The number of carbonyl (C=O) groups is 3. The summed E-state index contributed by atoms with van der Waals surface area (Å²) in [6.07, 6.45) is 0.352. The molecular weight excluding hydrogens is 405 g/mol. The van der Waals surface area contributed by atoms with E-state index in [4.69, 9.17) is 5.73 Å². The van der Waals surface area contributed by atoms with E-state index in [2.05, 4.69) is 20.3 Å². The molecule has 2 saturated heterocycles. The van der Waals surface area contributed by atoms with Gasteiger partial charge in [-0.3, -0.25) is 9.59 Å². The minimum atomic E-state index is -1.27. The molecule has 138 valence electrons. The van der Waals surface area contributed by atoms with Crippen LogP contribution in [0.3, 0.4) is 0 Å². The summed E-state index contributed by atoms with van der Waals surface area (Å²) in [5.41, 5.74) is 4.43. The molecule has 1 unspecified atom stereocenters. The van der Waals surface area contributed by atoms with Crippen LogP contribution in [0.4, 0.5) is 5.13 Å². The molecule has 10 nitrogen and oxygen atoms in total. The summed E-state index contributed by atoms with van der Waals surface area (Å²) in [7, 11) is 1.28. The fraction of sp³-hybridized carbons (Fsp3) is 0.500. The van der Waals surface area contributed by atoms with Gasteiger partial charge >= 0.3 is 29.6 Å². The van der Waals surface area contributed by atoms with Crippen LogP contribution in [0.5, 0.6) is 0 Å². The van der Waals surface area contributed by atoms with Gasteiger partial charge in [0, 0.05) is 10.1 Å². The SMILES string of the molecule is CO/N=C(\C(=O)N[C@@H]1C(=O)N2[C@@H]1SC1(C)C[C@]21C(=O)[O-])c1csc(N)n1.[Na+]. The van der Waals surface area contributed by atoms with Gasteiger partial charge in [-0.05, 0) is 13.3 Å². The normalized spacial score (nSPS) is 33.3. The molecular formula is C14H14N5NaO5S2. The average Bonchev–Trinajstić information content (AvgIpc) is 2.88. The van der Waals surface area contributed by atoms with Gasteiger partial charge < -0.3 is 30.7 Å². The third kappa shape index (κ3) is 2.69. The van der Waals surface area contributed by atoms with E-state index in [0.29, 0.717) is 6.42 Å². The molecule has 0 bridgehead atoms. The Kier molecular flexibility index (Phi) is 5.00. The van der Waals surface area contributed by atoms with Gasteiger partial charge in [-0.25, -0.2) is 4.98 Å². The Bertz CT molecular complexity index is 878. The third-order valence-corrected chi connectivity index (χ3v) is 7.37. The van der Waals surface area contributed by atoms with Crippen LogP contribution in [0.2, 0.25) is 0 Å². The van der Waals surface area contributed by atoms with E-state index in [1.165, 1.54) is 23.8 Å². The molecule has 4 atom stereocenters. The minimum absolute atomic E-state index is 0. The molecule has 4 rings (SSSR count). The van der Waals surface area contributed by atoms with Crippen molar-refractivity contribution in [3.05, 3.63) is 11.1 Å². The van der Waals surface area contributed by atoms with E-state index in [9.17, 15) is 19.5 Å². The summed E-state index contributed by atoms with van der Waals surface area (Å²) in [5.74, 6) is -2.35. The maximum atomic E-state index is 12.6. The number of carbonyl (C=O) groups excluding carboxylic acids is 3. The fourth-order valence-corrected chi connectivity index (χ4v) is 6.06. The maximum Gasteiger partial charge on any atom is 1.00 e. The second kappa shape index (κ2) is 6.62. The van der Waals surface area contributed by atoms with Crippen LogP contribution in [0.25, 0.3) is 0 Å². The number of carboxylic acids is 1. The van der Waals surface area contributed by atoms with Gasteiger partial charge in [0.25, 0.3) is 5.91 Å². The molecule has 0 aromatic carbocycles. The summed E-state index contributed by atoms with van der Waals surface area (Å²) in [6, 6.07) is -0.841. The van der Waals surface area contributed by atoms with Gasteiger partial charge in [-0.1, -0.05) is 5.16 Å². The molecule has 3 fully saturated rings. The smallest absolute Gasteiger partial charge is 0.548 e. The number of aromatic nitrogens is 1. The number of hydrogen-bond donors (Lipinski definition) is 2. The zero-order valence-electron chi connectivity index (χ0n) is 14.7. The van der Waals surface area contributed by atoms with Crippen molar-refractivity contribution in [2.75, 3.05) is 12.8 Å². The third-order valence-electron chi connectivity index (χ3n) is 4.96. The molecule has 13 heteroatoms. The molecule has 0 radical (unpaired) electrons. The van der Waals surface area contributed by atoms with Crippen molar-refractivity contribution < 1.29 is 53.9 Å². The van der Waals surface area contributed by atoms with Crippen LogP contribution in [0, 0.1) is 0 Å². The number of rotatable bonds is 5. The summed E-state index contributed by atoms with van der Waals surface area (Å²) in [6.45, 7) is 1.79. The number of carboxylic acid groups (broad SMARTS) is 1. The van der Waals surface area contributed by atoms with Crippen molar-refractivity contribution in [2.24, 2.45) is 5.16 Å². The number of thiazole rings is 1. The first kappa shape index (κ1) is 20.4. The number of hydrogen-bond acceptors (Lipinski definition) is 10. The zero-order valence-corrected chi connectivity index (χ0v) is 18.3. The summed E-state index contributed by atoms with van der Waals surface area (Å²) in [5, 5.41) is 19.2. The maximum absolute atomic E-state index is 12.6. The van der Waals surface area contributed by atoms with Crippen molar-refractivity contribution in [1.82, 2.24) is 15.2 Å². The molecule has 27 heavy (non-hydrogen) atoms. The first-order valence-electron chi connectivity index (χ1n) is 7.61. The van der Waals surface area contributed by atoms with Crippen LogP contribution < -0.4 is 45.7 Å². The zero-order chi connectivity index (χ0) is 18.9. The van der Waals surface area contributed by atoms with Gasteiger partial charge in [-0.15, -0.1) is 23.1 Å². The number of nitrogens with one attached hydrogen (secondary N) is 1. The quantitative estimate of drug-likeness (QED) is 0.209. The summed E-state index contributed by atoms with van der Waals surface area (Å²) < 4.78 is -0.585. The van der Waals surface area contributed by atoms with Crippen LogP contribution >= 0.6 is 23.1 Å². The number of aliphatic carboxylic acids is 1. The second-order valence-electron chi connectivity index (χ2n) is 6.42. The van der Waals surface area contributed by atoms with Crippen molar-refractivity contribution >= 4 is 51.7 Å². The fourth-order valence-electron chi connectivity index (χ4n) is 3.60. The van der Waals surface area contributed by atoms with Crippen molar-refractivity contribution in [3.8, 4) is 0 Å². The molecule has 0 spiro atoms. The Hall–Kier alpha value is -1.34. The van der Waals surface area contributed by atoms with Crippen molar-refractivity contribution in [3.63, 3.8) is 0 Å². The molecule has 1 aromatic heterocycles. The Morgan fingerprint density at radius 1 is 1.56 bits per heavy atom. The Labute approximate surface area is 184 Å². The van der Waals surface area contributed by atoms with Crippen LogP contribution in [0.1, 0.15) is 19.0 Å². The van der Waals surface area contributed by atoms with E-state index in [1.54, 1.807) is 12.3 Å². The van der Waals surface area contributed by atoms with E-state index >= 15 is 0 Å². The number of thioether (sulfide) groups is 1. The first-order chi connectivity index (χ1) is 12.2. The Morgan fingerprint density at radius 2 is 2.26 bits per heavy atom. The Balaban J connectivity index is 0.00000210. The van der Waals surface area contributed by atoms with Gasteiger partial charge in [0.15, 0.2) is 10.8 Å². The number of amides is 2. The van der Waals surface area contributed by atoms with Crippen LogP contribution in [-0.2, 0) is 19.2 Å². The topological polar surface area (TPSA) is 150 Å². The summed E-state index contributed by atoms with van der Waals surface area (Å²) in [4.78, 5) is 46.6. The van der Waals surface area contributed by atoms with Gasteiger partial charge in [-0.2, -0.15) is 0 Å². The molecule has 1 aliphatic carbocycles. The second-order valence-corrected chi connectivity index (χ2v) is 8.93. The predicted octanol–water partition coefficient (Wildman–Crippen LogP) is -4.87. The van der Waals surface area contributed by atoms with Crippen molar-refractivity contribution in [1.29, 1.82) is 0 Å². The van der Waals surface area contributed by atoms with Crippen LogP contribution in [-0.4, -0.2) is 62.2 Å². The number of β-lactam (4-membered cyclic amide) rings is 1. The largest absolute Gasteiger partial charge is 1.00 e. The average molecular weight is 419 g/mol. The number of oxime groups is 1. The number of anilines is 1. The van der Waals surface area contributed by atoms with E-state index in [-0.39, 0.29) is 46.1 Å². The summed E-state index contributed by atoms with van der Waals surface area (Å²) >= 11 is 2.50. The van der Waals surface area contributed by atoms with E-state index < -0.39 is 39.5 Å². The van der Waals surface area contributed by atoms with E-state index in [1.807, 2.05) is 0 Å². The number of nitrogens with two attached hydrogens (primary N) is 1. The Morgan fingerprint density at radius 3 is 2.81 bits per heavy atom. The predicted molar refractivity (Wildman–Crippen MR) is 91.0 cm³/mol. The molecule has 2 amide bonds. The van der Waals surface area contributed by atoms with Gasteiger partial charge in [0.1, 0.15) is 24.2 Å². The molecule has 3 aliphatic rings. The number of nitrogens with zero attached hydrogens (tertiary/aromatic N) is 3. The molecule has 1 aromatic rings. The standard InChI is InChI=1S/C14H15N5O5S2.Na/c1-13-4-14(13,11(22)23)19-9(21)7(10(19)26-13)17-8(20)6(18-24-2)5-3-25-12(15)16-5;/h3,7,10H,4H2,1-2H3,(H2,15,16)(H,17,20)(H,22,23);/q;+1/p-1/b18-6-;/t7-,10-,13?,14-;/m1./s1. The van der Waals surface area contributed by atoms with Crippen molar-refractivity contribution in [2.45, 2.75) is 35.0 Å². The van der Waals surface area contributed by atoms with E-state index in [0.717, 1.165) is 11.3 Å².